The summed E-state index contributed by atoms with van der Waals surface area (Å²) in [7, 11) is 1.62. The van der Waals surface area contributed by atoms with Crippen molar-refractivity contribution in [1.82, 2.24) is 0 Å². The number of nitrogens with one attached hydrogen (secondary N) is 1. The lowest BCUT2D eigenvalue weighted by Crippen LogP contribution is -2.25. The van der Waals surface area contributed by atoms with E-state index in [-0.39, 0.29) is 49.3 Å². The van der Waals surface area contributed by atoms with Gasteiger partial charge in [-0.25, -0.2) is 0 Å². The van der Waals surface area contributed by atoms with E-state index in [2.05, 4.69) is 37.2 Å². The highest BCUT2D eigenvalue weighted by Gasteiger charge is 2.36. The molecule has 9 heteroatoms. The highest BCUT2D eigenvalue weighted by Crippen LogP contribution is 2.39. The summed E-state index contributed by atoms with van der Waals surface area (Å²) in [5.74, 6) is -1.46. The van der Waals surface area contributed by atoms with Crippen LogP contribution in [0.4, 0.5) is 11.4 Å². The molecule has 4 rings (SSSR count). The van der Waals surface area contributed by atoms with Gasteiger partial charge < -0.3 is 5.32 Å². The lowest BCUT2D eigenvalue weighted by atomic mass is 9.80. The number of hydrogen-bond acceptors (Lipinski definition) is 6. The predicted octanol–water partition coefficient (Wildman–Crippen LogP) is 5.17. The highest BCUT2D eigenvalue weighted by molar-refractivity contribution is 9.11. The normalized spacial score (nSPS) is 12.2. The number of anilines is 1. The van der Waals surface area contributed by atoms with Crippen LogP contribution in [0.3, 0.4) is 0 Å². The molecule has 0 fully saturated rings. The average molecular weight is 544 g/mol. The summed E-state index contributed by atoms with van der Waals surface area (Å²) in [6.07, 6.45) is 0. The Kier molecular flexibility index (Phi) is 5.32. The van der Waals surface area contributed by atoms with Crippen molar-refractivity contribution in [2.75, 3.05) is 12.4 Å². The standard InChI is InChI=1S/C22H12Br2N2O5/c1-25-16-9-14-17(21(28)12-5-3-2-4-11(12)20(14)27)18(19(16)24)22(29)13-8-10(26(30)31)6-7-15(13)23/h2-9,25H,1H3. The zero-order valence-corrected chi connectivity index (χ0v) is 19.0. The maximum absolute atomic E-state index is 13.6. The molecule has 0 saturated carbocycles. The second kappa shape index (κ2) is 7.82. The van der Waals surface area contributed by atoms with Gasteiger partial charge in [0.05, 0.1) is 15.0 Å². The fourth-order valence-electron chi connectivity index (χ4n) is 3.56. The Morgan fingerprint density at radius 2 is 1.61 bits per heavy atom. The molecule has 0 heterocycles. The van der Waals surface area contributed by atoms with Gasteiger partial charge in [0.25, 0.3) is 5.69 Å². The number of nitro groups is 1. The first-order valence-corrected chi connectivity index (χ1v) is 10.6. The Hall–Kier alpha value is -3.17. The molecule has 31 heavy (non-hydrogen) atoms. The second-order valence-electron chi connectivity index (χ2n) is 6.74. The molecular formula is C22H12Br2N2O5. The monoisotopic (exact) mass is 542 g/mol. The molecule has 0 aromatic heterocycles. The minimum absolute atomic E-state index is 0.00413. The van der Waals surface area contributed by atoms with E-state index in [0.29, 0.717) is 10.2 Å². The predicted molar refractivity (Wildman–Crippen MR) is 121 cm³/mol. The smallest absolute Gasteiger partial charge is 0.270 e. The van der Waals surface area contributed by atoms with E-state index < -0.39 is 16.5 Å². The number of fused-ring (bicyclic) bond motifs is 2. The van der Waals surface area contributed by atoms with Gasteiger partial charge in [0.2, 0.25) is 0 Å². The zero-order valence-electron chi connectivity index (χ0n) is 15.9. The largest absolute Gasteiger partial charge is 0.387 e. The average Bonchev–Trinajstić information content (AvgIpc) is 2.76. The molecular weight excluding hydrogens is 532 g/mol. The van der Waals surface area contributed by atoms with Crippen LogP contribution in [0.2, 0.25) is 0 Å². The quantitative estimate of drug-likeness (QED) is 0.216. The van der Waals surface area contributed by atoms with Gasteiger partial charge in [-0.1, -0.05) is 40.2 Å². The van der Waals surface area contributed by atoms with Crippen molar-refractivity contribution >= 4 is 60.6 Å². The molecule has 0 bridgehead atoms. The third kappa shape index (κ3) is 3.30. The van der Waals surface area contributed by atoms with Crippen LogP contribution >= 0.6 is 31.9 Å². The van der Waals surface area contributed by atoms with Crippen LogP contribution in [0.5, 0.6) is 0 Å². The molecule has 0 aliphatic heterocycles. The van der Waals surface area contributed by atoms with Crippen molar-refractivity contribution in [2.45, 2.75) is 0 Å². The van der Waals surface area contributed by atoms with Gasteiger partial charge in [-0.05, 0) is 28.1 Å². The number of halogens is 2. The van der Waals surface area contributed by atoms with Crippen molar-refractivity contribution in [3.05, 3.63) is 101 Å². The molecule has 0 unspecified atom stereocenters. The third-order valence-corrected chi connectivity index (χ3v) is 6.57. The number of non-ortho nitro benzene ring substituents is 1. The molecule has 3 aromatic carbocycles. The van der Waals surface area contributed by atoms with Gasteiger partial charge >= 0.3 is 0 Å². The van der Waals surface area contributed by atoms with E-state index in [1.165, 1.54) is 24.3 Å². The summed E-state index contributed by atoms with van der Waals surface area (Å²) in [4.78, 5) is 50.7. The molecule has 1 aliphatic carbocycles. The van der Waals surface area contributed by atoms with Crippen LogP contribution in [0.15, 0.2) is 57.5 Å². The Labute approximate surface area is 192 Å². The lowest BCUT2D eigenvalue weighted by Gasteiger charge is -2.22. The zero-order chi connectivity index (χ0) is 22.4. The molecule has 154 valence electrons. The Balaban J connectivity index is 2.03. The third-order valence-electron chi connectivity index (χ3n) is 5.05. The number of carbonyl (C=O) groups is 3. The van der Waals surface area contributed by atoms with Gasteiger partial charge in [-0.2, -0.15) is 0 Å². The number of ketones is 3. The fourth-order valence-corrected chi connectivity index (χ4v) is 4.68. The van der Waals surface area contributed by atoms with Crippen molar-refractivity contribution < 1.29 is 19.3 Å². The molecule has 1 aliphatic rings. The van der Waals surface area contributed by atoms with Crippen molar-refractivity contribution in [3.8, 4) is 0 Å². The Morgan fingerprint density at radius 3 is 2.23 bits per heavy atom. The molecule has 7 nitrogen and oxygen atoms in total. The molecule has 3 aromatic rings. The van der Waals surface area contributed by atoms with Gasteiger partial charge in [-0.3, -0.25) is 24.5 Å². The molecule has 1 N–H and O–H groups in total. The van der Waals surface area contributed by atoms with Gasteiger partial charge in [-0.15, -0.1) is 0 Å². The summed E-state index contributed by atoms with van der Waals surface area (Å²) in [5.41, 5.74) is 0.674. The summed E-state index contributed by atoms with van der Waals surface area (Å²) in [6.45, 7) is 0. The van der Waals surface area contributed by atoms with E-state index >= 15 is 0 Å². The number of carbonyl (C=O) groups excluding carboxylic acids is 3. The maximum Gasteiger partial charge on any atom is 0.270 e. The van der Waals surface area contributed by atoms with Crippen LogP contribution < -0.4 is 5.32 Å². The number of benzene rings is 3. The first kappa shape index (κ1) is 21.1. The van der Waals surface area contributed by atoms with Crippen LogP contribution in [0.25, 0.3) is 0 Å². The highest BCUT2D eigenvalue weighted by atomic mass is 79.9. The minimum Gasteiger partial charge on any atom is -0.387 e. The Bertz CT molecular complexity index is 1330. The minimum atomic E-state index is -0.628. The van der Waals surface area contributed by atoms with E-state index in [1.54, 1.807) is 25.2 Å². The van der Waals surface area contributed by atoms with Crippen LogP contribution in [0.1, 0.15) is 47.8 Å². The second-order valence-corrected chi connectivity index (χ2v) is 8.39. The van der Waals surface area contributed by atoms with E-state index in [9.17, 15) is 24.5 Å². The van der Waals surface area contributed by atoms with Crippen molar-refractivity contribution in [3.63, 3.8) is 0 Å². The number of nitro benzene ring substituents is 1. The first-order chi connectivity index (χ1) is 14.8. The maximum atomic E-state index is 13.6. The molecule has 0 saturated heterocycles. The summed E-state index contributed by atoms with van der Waals surface area (Å²) >= 11 is 6.64. The summed E-state index contributed by atoms with van der Waals surface area (Å²) in [6, 6.07) is 11.7. The summed E-state index contributed by atoms with van der Waals surface area (Å²) < 4.78 is 0.617. The summed E-state index contributed by atoms with van der Waals surface area (Å²) in [5, 5.41) is 14.1. The van der Waals surface area contributed by atoms with Gasteiger partial charge in [0.15, 0.2) is 17.3 Å². The van der Waals surface area contributed by atoms with Gasteiger partial charge in [0.1, 0.15) is 0 Å². The number of rotatable bonds is 4. The molecule has 0 radical (unpaired) electrons. The van der Waals surface area contributed by atoms with Gasteiger partial charge in [0, 0.05) is 57.2 Å². The van der Waals surface area contributed by atoms with E-state index in [0.717, 1.165) is 6.07 Å². The van der Waals surface area contributed by atoms with Crippen molar-refractivity contribution in [1.29, 1.82) is 0 Å². The van der Waals surface area contributed by atoms with Crippen LogP contribution in [-0.2, 0) is 0 Å². The van der Waals surface area contributed by atoms with E-state index in [1.807, 2.05) is 0 Å². The first-order valence-electron chi connectivity index (χ1n) is 8.97. The SMILES string of the molecule is CNc1cc2c(c(C(=O)c3cc([N+](=O)[O-])ccc3Br)c1Br)C(=O)c1ccccc1C2=O. The van der Waals surface area contributed by atoms with Crippen LogP contribution in [-0.4, -0.2) is 29.3 Å². The molecule has 0 spiro atoms. The fraction of sp³-hybridized carbons (Fsp3) is 0.0455. The number of nitrogens with zero attached hydrogens (tertiary/aromatic N) is 1. The Morgan fingerprint density at radius 1 is 0.968 bits per heavy atom. The van der Waals surface area contributed by atoms with Crippen LogP contribution in [0, 0.1) is 10.1 Å². The van der Waals surface area contributed by atoms with Crippen molar-refractivity contribution in [2.24, 2.45) is 0 Å². The molecule has 0 amide bonds. The lowest BCUT2D eigenvalue weighted by molar-refractivity contribution is -0.384. The molecule has 0 atom stereocenters. The topological polar surface area (TPSA) is 106 Å². The van der Waals surface area contributed by atoms with E-state index in [4.69, 9.17) is 0 Å². The number of hydrogen-bond donors (Lipinski definition) is 1.